The number of benzene rings is 2. The van der Waals surface area contributed by atoms with Crippen LogP contribution in [0, 0.1) is 0 Å². The molecule has 0 bridgehead atoms. The van der Waals surface area contributed by atoms with Crippen LogP contribution < -0.4 is 16.0 Å². The summed E-state index contributed by atoms with van der Waals surface area (Å²) in [5.41, 5.74) is 1.11. The lowest BCUT2D eigenvalue weighted by Gasteiger charge is -2.22. The van der Waals surface area contributed by atoms with Gasteiger partial charge in [0.15, 0.2) is 11.6 Å². The molecule has 18 heteroatoms. The van der Waals surface area contributed by atoms with Crippen molar-refractivity contribution in [1.82, 2.24) is 20.9 Å². The number of rotatable bonds is 51. The monoisotopic (exact) mass is 1080 g/mol. The van der Waals surface area contributed by atoms with Gasteiger partial charge in [-0.2, -0.15) is 0 Å². The third kappa shape index (κ3) is 36.7. The SMILES string of the molecule is CCCOCCOCCOCCOCCOCCN(CCCCCCC(=O)CC[C@H](NCC(=O)c1ccccc1)C(=O)OCC[Si](C)(C)C)CCCCCNC(=O)CC[C@H](NCC(=O)c1ccccc1)C(=O)OCCC. The van der Waals surface area contributed by atoms with Gasteiger partial charge in [-0.15, -0.1) is 0 Å². The second kappa shape index (κ2) is 44.7. The standard InChI is InChI=1S/C58H96N4O13Si/c1-6-34-69-37-39-71-41-43-73-44-42-72-40-38-70-36-33-62(32-20-12-18-30-59-56(66)29-28-53(57(67)74-35-7-2)61-48-55(65)50-23-15-11-16-24-50)31-19-9-8-17-25-51(63)26-27-52(58(68)75-45-46-76(3,4)5)60-47-54(64)49-21-13-10-14-22-49/h10-11,13-16,21-24,52-53,60-61H,6-9,12,17-20,25-48H2,1-5H3,(H,59,66)/t52-,53-/m0/s1. The number of amides is 1. The van der Waals surface area contributed by atoms with E-state index in [1.807, 2.05) is 19.1 Å². The van der Waals surface area contributed by atoms with Gasteiger partial charge >= 0.3 is 11.9 Å². The van der Waals surface area contributed by atoms with Gasteiger partial charge in [0.2, 0.25) is 5.91 Å². The predicted octanol–water partition coefficient (Wildman–Crippen LogP) is 7.66. The minimum absolute atomic E-state index is 0.0202. The van der Waals surface area contributed by atoms with E-state index in [1.54, 1.807) is 48.5 Å². The van der Waals surface area contributed by atoms with Crippen LogP contribution in [0.15, 0.2) is 60.7 Å². The molecule has 1 amide bonds. The molecule has 0 unspecified atom stereocenters. The Balaban J connectivity index is 1.78. The van der Waals surface area contributed by atoms with Crippen LogP contribution in [0.3, 0.4) is 0 Å². The first-order valence-electron chi connectivity index (χ1n) is 28.2. The molecule has 2 aromatic carbocycles. The molecule has 0 aliphatic carbocycles. The average molecular weight is 1090 g/mol. The third-order valence-corrected chi connectivity index (χ3v) is 13.9. The summed E-state index contributed by atoms with van der Waals surface area (Å²) in [4.78, 5) is 79.6. The molecule has 0 radical (unpaired) electrons. The maximum absolute atomic E-state index is 13.1. The molecular weight excluding hydrogens is 989 g/mol. The molecule has 2 rings (SSSR count). The maximum Gasteiger partial charge on any atom is 0.323 e. The topological polar surface area (TPSA) is 206 Å². The molecule has 2 atom stereocenters. The number of hydrogen-bond acceptors (Lipinski definition) is 16. The first kappa shape index (κ1) is 67.9. The number of Topliss-reactive ketones (excluding diaryl/α,β-unsaturated/α-hetero) is 3. The highest BCUT2D eigenvalue weighted by molar-refractivity contribution is 6.76. The zero-order chi connectivity index (χ0) is 55.3. The summed E-state index contributed by atoms with van der Waals surface area (Å²) >= 11 is 0. The number of nitrogens with zero attached hydrogens (tertiary/aromatic N) is 1. The van der Waals surface area contributed by atoms with Crippen molar-refractivity contribution in [2.75, 3.05) is 119 Å². The van der Waals surface area contributed by atoms with Gasteiger partial charge < -0.3 is 43.4 Å². The summed E-state index contributed by atoms with van der Waals surface area (Å²) < 4.78 is 39.1. The second-order valence-corrected chi connectivity index (χ2v) is 25.8. The Labute approximate surface area is 456 Å². The van der Waals surface area contributed by atoms with E-state index in [2.05, 4.69) is 47.4 Å². The number of hydrogen-bond donors (Lipinski definition) is 3. The fourth-order valence-corrected chi connectivity index (χ4v) is 8.39. The molecule has 0 heterocycles. The minimum atomic E-state index is -1.42. The molecule has 0 spiro atoms. The number of esters is 2. The molecule has 3 N–H and O–H groups in total. The van der Waals surface area contributed by atoms with E-state index in [-0.39, 0.29) is 68.6 Å². The summed E-state index contributed by atoms with van der Waals surface area (Å²) in [7, 11) is -1.42. The lowest BCUT2D eigenvalue weighted by molar-refractivity contribution is -0.147. The van der Waals surface area contributed by atoms with E-state index in [9.17, 15) is 28.8 Å². The van der Waals surface area contributed by atoms with Crippen molar-refractivity contribution in [3.8, 4) is 0 Å². The molecule has 0 saturated heterocycles. The van der Waals surface area contributed by atoms with Gasteiger partial charge in [0, 0.05) is 58.2 Å². The number of carbonyl (C=O) groups is 6. The second-order valence-electron chi connectivity index (χ2n) is 20.2. The van der Waals surface area contributed by atoms with Crippen molar-refractivity contribution in [3.63, 3.8) is 0 Å². The van der Waals surface area contributed by atoms with Crippen molar-refractivity contribution in [2.45, 2.75) is 142 Å². The van der Waals surface area contributed by atoms with Crippen LogP contribution in [-0.4, -0.2) is 179 Å². The summed E-state index contributed by atoms with van der Waals surface area (Å²) in [5, 5.41) is 9.07. The minimum Gasteiger partial charge on any atom is -0.465 e. The van der Waals surface area contributed by atoms with E-state index in [0.29, 0.717) is 96.6 Å². The van der Waals surface area contributed by atoms with Crippen molar-refractivity contribution < 1.29 is 61.9 Å². The van der Waals surface area contributed by atoms with Gasteiger partial charge in [-0.05, 0) is 70.5 Å². The molecular formula is C58H96N4O13Si. The van der Waals surface area contributed by atoms with Gasteiger partial charge in [0.1, 0.15) is 17.9 Å². The Morgan fingerprint density at radius 3 is 1.43 bits per heavy atom. The Morgan fingerprint density at radius 2 is 0.934 bits per heavy atom. The van der Waals surface area contributed by atoms with Crippen molar-refractivity contribution in [2.24, 2.45) is 0 Å². The Hall–Kier alpha value is -4.24. The van der Waals surface area contributed by atoms with E-state index >= 15 is 0 Å². The Morgan fingerprint density at radius 1 is 0.487 bits per heavy atom. The molecule has 430 valence electrons. The summed E-state index contributed by atoms with van der Waals surface area (Å²) in [6.07, 6.45) is 9.22. The fraction of sp³-hybridized carbons (Fsp3) is 0.690. The van der Waals surface area contributed by atoms with E-state index in [4.69, 9.17) is 33.2 Å². The van der Waals surface area contributed by atoms with Crippen LogP contribution in [0.4, 0.5) is 0 Å². The predicted molar refractivity (Wildman–Crippen MR) is 300 cm³/mol. The summed E-state index contributed by atoms with van der Waals surface area (Å²) in [6.45, 7) is 19.6. The lowest BCUT2D eigenvalue weighted by atomic mass is 10.0. The van der Waals surface area contributed by atoms with Crippen LogP contribution in [0.1, 0.15) is 124 Å². The van der Waals surface area contributed by atoms with Gasteiger partial charge in [0.25, 0.3) is 0 Å². The van der Waals surface area contributed by atoms with Crippen LogP contribution in [0.2, 0.25) is 25.7 Å². The van der Waals surface area contributed by atoms with Crippen LogP contribution >= 0.6 is 0 Å². The van der Waals surface area contributed by atoms with Gasteiger partial charge in [0.05, 0.1) is 85.8 Å². The van der Waals surface area contributed by atoms with Gasteiger partial charge in [-0.25, -0.2) is 0 Å². The zero-order valence-electron chi connectivity index (χ0n) is 47.0. The highest BCUT2D eigenvalue weighted by Crippen LogP contribution is 2.13. The van der Waals surface area contributed by atoms with E-state index < -0.39 is 32.1 Å². The van der Waals surface area contributed by atoms with Crippen LogP contribution in [-0.2, 0) is 52.3 Å². The highest BCUT2D eigenvalue weighted by Gasteiger charge is 2.24. The normalized spacial score (nSPS) is 12.3. The van der Waals surface area contributed by atoms with Gasteiger partial charge in [-0.3, -0.25) is 39.4 Å². The molecule has 2 aromatic rings. The third-order valence-electron chi connectivity index (χ3n) is 12.2. The van der Waals surface area contributed by atoms with Crippen LogP contribution in [0.25, 0.3) is 0 Å². The summed E-state index contributed by atoms with van der Waals surface area (Å²) in [5.74, 6) is -1.22. The number of ketones is 3. The largest absolute Gasteiger partial charge is 0.465 e. The molecule has 0 aliphatic rings. The lowest BCUT2D eigenvalue weighted by Crippen LogP contribution is -2.42. The van der Waals surface area contributed by atoms with Gasteiger partial charge in [-0.1, -0.05) is 113 Å². The highest BCUT2D eigenvalue weighted by atomic mass is 28.3. The zero-order valence-corrected chi connectivity index (χ0v) is 48.0. The Kier molecular flexibility index (Phi) is 39.9. The molecule has 0 saturated carbocycles. The molecule has 17 nitrogen and oxygen atoms in total. The number of nitrogens with one attached hydrogen (secondary N) is 3. The number of unbranched alkanes of at least 4 members (excludes halogenated alkanes) is 5. The van der Waals surface area contributed by atoms with Crippen molar-refractivity contribution in [1.29, 1.82) is 0 Å². The smallest absolute Gasteiger partial charge is 0.323 e. The number of carbonyl (C=O) groups excluding carboxylic acids is 6. The van der Waals surface area contributed by atoms with Crippen molar-refractivity contribution >= 4 is 43.3 Å². The van der Waals surface area contributed by atoms with Crippen molar-refractivity contribution in [3.05, 3.63) is 71.8 Å². The summed E-state index contributed by atoms with van der Waals surface area (Å²) in [6, 6.07) is 17.1. The molecule has 0 aliphatic heterocycles. The average Bonchev–Trinajstić information content (AvgIpc) is 3.41. The Bertz CT molecular complexity index is 1840. The number of ether oxygens (including phenoxy) is 7. The van der Waals surface area contributed by atoms with E-state index in [0.717, 1.165) is 83.7 Å². The first-order chi connectivity index (χ1) is 36.8. The van der Waals surface area contributed by atoms with Crippen LogP contribution in [0.5, 0.6) is 0 Å². The first-order valence-corrected chi connectivity index (χ1v) is 31.9. The molecule has 76 heavy (non-hydrogen) atoms. The van der Waals surface area contributed by atoms with E-state index in [1.165, 1.54) is 0 Å². The molecule has 0 fully saturated rings. The quantitative estimate of drug-likeness (QED) is 0.0252. The molecule has 0 aromatic heterocycles. The fourth-order valence-electron chi connectivity index (χ4n) is 7.68. The maximum atomic E-state index is 13.1.